The van der Waals surface area contributed by atoms with Crippen molar-refractivity contribution in [3.63, 3.8) is 0 Å². The molecular weight excluding hydrogens is 194 g/mol. The highest BCUT2D eigenvalue weighted by Gasteiger charge is 2.28. The molecule has 2 heterocycles. The average Bonchev–Trinajstić information content (AvgIpc) is 2.42. The van der Waals surface area contributed by atoms with Gasteiger partial charge in [0, 0.05) is 19.0 Å². The van der Waals surface area contributed by atoms with Gasteiger partial charge in [0.1, 0.15) is 0 Å². The molecule has 5 nitrogen and oxygen atoms in total. The topological polar surface area (TPSA) is 61.4 Å². The molecule has 2 saturated heterocycles. The summed E-state index contributed by atoms with van der Waals surface area (Å²) in [5, 5.41) is 5.98. The Balaban J connectivity index is 2.02. The van der Waals surface area contributed by atoms with Crippen LogP contribution >= 0.6 is 0 Å². The van der Waals surface area contributed by atoms with Crippen molar-refractivity contribution in [2.75, 3.05) is 26.2 Å². The number of carbonyl (C=O) groups is 2. The summed E-state index contributed by atoms with van der Waals surface area (Å²) in [4.78, 5) is 24.9. The molecule has 15 heavy (non-hydrogen) atoms. The van der Waals surface area contributed by atoms with E-state index in [0.29, 0.717) is 13.0 Å². The van der Waals surface area contributed by atoms with Crippen molar-refractivity contribution >= 4 is 11.8 Å². The molecule has 2 aliphatic rings. The lowest BCUT2D eigenvalue weighted by Crippen LogP contribution is -2.47. The highest BCUT2D eigenvalue weighted by molar-refractivity contribution is 5.87. The minimum absolute atomic E-state index is 0.0283. The van der Waals surface area contributed by atoms with Crippen molar-refractivity contribution in [3.05, 3.63) is 0 Å². The first kappa shape index (κ1) is 10.4. The van der Waals surface area contributed by atoms with Gasteiger partial charge in [-0.1, -0.05) is 0 Å². The molecule has 2 aliphatic heterocycles. The SMILES string of the molecule is O=C1CN(C2CCNCC2)C(=O)CCN1. The molecule has 0 aromatic heterocycles. The van der Waals surface area contributed by atoms with E-state index >= 15 is 0 Å². The van der Waals surface area contributed by atoms with Gasteiger partial charge in [-0.25, -0.2) is 0 Å². The fourth-order valence-corrected chi connectivity index (χ4v) is 2.20. The molecule has 0 atom stereocenters. The van der Waals surface area contributed by atoms with E-state index in [1.807, 2.05) is 0 Å². The summed E-state index contributed by atoms with van der Waals surface area (Å²) in [5.41, 5.74) is 0. The number of amides is 2. The second-order valence-electron chi connectivity index (χ2n) is 4.10. The van der Waals surface area contributed by atoms with Crippen molar-refractivity contribution in [2.45, 2.75) is 25.3 Å². The van der Waals surface area contributed by atoms with E-state index in [9.17, 15) is 9.59 Å². The maximum absolute atomic E-state index is 11.8. The van der Waals surface area contributed by atoms with E-state index in [-0.39, 0.29) is 24.4 Å². The Labute approximate surface area is 89.2 Å². The van der Waals surface area contributed by atoms with Crippen LogP contribution in [0.5, 0.6) is 0 Å². The van der Waals surface area contributed by atoms with Crippen molar-refractivity contribution in [1.29, 1.82) is 0 Å². The molecular formula is C10H17N3O2. The molecule has 0 bridgehead atoms. The Morgan fingerprint density at radius 3 is 2.60 bits per heavy atom. The molecule has 0 saturated carbocycles. The fraction of sp³-hybridized carbons (Fsp3) is 0.800. The van der Waals surface area contributed by atoms with Gasteiger partial charge in [-0.3, -0.25) is 9.59 Å². The summed E-state index contributed by atoms with van der Waals surface area (Å²) in [5.74, 6) is 0.0830. The molecule has 0 spiro atoms. The number of hydrogen-bond donors (Lipinski definition) is 2. The molecule has 2 N–H and O–H groups in total. The Morgan fingerprint density at radius 2 is 1.87 bits per heavy atom. The molecule has 0 aromatic rings. The lowest BCUT2D eigenvalue weighted by Gasteiger charge is -2.33. The van der Waals surface area contributed by atoms with Crippen LogP contribution in [0.3, 0.4) is 0 Å². The van der Waals surface area contributed by atoms with Crippen molar-refractivity contribution in [3.8, 4) is 0 Å². The third-order valence-electron chi connectivity index (χ3n) is 3.04. The summed E-state index contributed by atoms with van der Waals surface area (Å²) in [6.07, 6.45) is 2.35. The van der Waals surface area contributed by atoms with Crippen LogP contribution in [0.1, 0.15) is 19.3 Å². The van der Waals surface area contributed by atoms with Crippen LogP contribution in [0, 0.1) is 0 Å². The maximum Gasteiger partial charge on any atom is 0.239 e. The molecule has 2 rings (SSSR count). The summed E-state index contributed by atoms with van der Waals surface area (Å²) in [6, 6.07) is 0.252. The molecule has 2 fully saturated rings. The van der Waals surface area contributed by atoms with Gasteiger partial charge < -0.3 is 15.5 Å². The van der Waals surface area contributed by atoms with Gasteiger partial charge >= 0.3 is 0 Å². The smallest absolute Gasteiger partial charge is 0.239 e. The van der Waals surface area contributed by atoms with Crippen LogP contribution in [-0.4, -0.2) is 48.9 Å². The van der Waals surface area contributed by atoms with E-state index in [1.165, 1.54) is 0 Å². The number of hydrogen-bond acceptors (Lipinski definition) is 3. The summed E-state index contributed by atoms with van der Waals surface area (Å²) < 4.78 is 0. The van der Waals surface area contributed by atoms with Gasteiger partial charge in [-0.2, -0.15) is 0 Å². The predicted molar refractivity (Wildman–Crippen MR) is 55.2 cm³/mol. The van der Waals surface area contributed by atoms with Gasteiger partial charge in [0.15, 0.2) is 0 Å². The second kappa shape index (κ2) is 4.61. The zero-order chi connectivity index (χ0) is 10.7. The first-order valence-corrected chi connectivity index (χ1v) is 5.54. The Morgan fingerprint density at radius 1 is 1.13 bits per heavy atom. The first-order chi connectivity index (χ1) is 7.27. The van der Waals surface area contributed by atoms with Crippen molar-refractivity contribution in [2.24, 2.45) is 0 Å². The van der Waals surface area contributed by atoms with E-state index in [4.69, 9.17) is 0 Å². The summed E-state index contributed by atoms with van der Waals surface area (Å²) in [6.45, 7) is 2.61. The van der Waals surface area contributed by atoms with Crippen LogP contribution in [0.2, 0.25) is 0 Å². The van der Waals surface area contributed by atoms with Crippen LogP contribution in [0.25, 0.3) is 0 Å². The quantitative estimate of drug-likeness (QED) is 0.590. The van der Waals surface area contributed by atoms with Crippen molar-refractivity contribution in [1.82, 2.24) is 15.5 Å². The zero-order valence-corrected chi connectivity index (χ0v) is 8.79. The number of carbonyl (C=O) groups excluding carboxylic acids is 2. The van der Waals surface area contributed by atoms with Gasteiger partial charge in [-0.15, -0.1) is 0 Å². The largest absolute Gasteiger partial charge is 0.354 e. The third kappa shape index (κ3) is 2.47. The molecule has 0 radical (unpaired) electrons. The standard InChI is InChI=1S/C10H17N3O2/c14-9-7-13(10(15)3-6-12-9)8-1-4-11-5-2-8/h8,11H,1-7H2,(H,12,14). The Kier molecular flexibility index (Phi) is 3.20. The van der Waals surface area contributed by atoms with E-state index in [2.05, 4.69) is 10.6 Å². The number of piperidine rings is 1. The molecule has 0 aromatic carbocycles. The minimum atomic E-state index is -0.0283. The third-order valence-corrected chi connectivity index (χ3v) is 3.04. The molecule has 0 aliphatic carbocycles. The fourth-order valence-electron chi connectivity index (χ4n) is 2.20. The minimum Gasteiger partial charge on any atom is -0.354 e. The lowest BCUT2D eigenvalue weighted by molar-refractivity contribution is -0.136. The molecule has 0 unspecified atom stereocenters. The van der Waals surface area contributed by atoms with Gasteiger partial charge in [0.05, 0.1) is 6.54 Å². The summed E-state index contributed by atoms with van der Waals surface area (Å²) >= 11 is 0. The molecule has 84 valence electrons. The van der Waals surface area contributed by atoms with Crippen LogP contribution in [0.4, 0.5) is 0 Å². The van der Waals surface area contributed by atoms with Crippen LogP contribution in [0.15, 0.2) is 0 Å². The first-order valence-electron chi connectivity index (χ1n) is 5.54. The Bertz CT molecular complexity index is 261. The predicted octanol–water partition coefficient (Wildman–Crippen LogP) is -0.913. The van der Waals surface area contributed by atoms with Gasteiger partial charge in [0.2, 0.25) is 11.8 Å². The van der Waals surface area contributed by atoms with E-state index < -0.39 is 0 Å². The van der Waals surface area contributed by atoms with Crippen molar-refractivity contribution < 1.29 is 9.59 Å². The van der Waals surface area contributed by atoms with E-state index in [1.54, 1.807) is 4.90 Å². The number of nitrogens with zero attached hydrogens (tertiary/aromatic N) is 1. The second-order valence-corrected chi connectivity index (χ2v) is 4.10. The highest BCUT2D eigenvalue weighted by atomic mass is 16.2. The molecule has 5 heteroatoms. The van der Waals surface area contributed by atoms with Gasteiger partial charge in [-0.05, 0) is 25.9 Å². The summed E-state index contributed by atoms with van der Waals surface area (Å²) in [7, 11) is 0. The lowest BCUT2D eigenvalue weighted by atomic mass is 10.0. The number of rotatable bonds is 1. The maximum atomic E-state index is 11.8. The highest BCUT2D eigenvalue weighted by Crippen LogP contribution is 2.13. The average molecular weight is 211 g/mol. The van der Waals surface area contributed by atoms with Crippen LogP contribution in [-0.2, 0) is 9.59 Å². The van der Waals surface area contributed by atoms with Gasteiger partial charge in [0.25, 0.3) is 0 Å². The molecule has 2 amide bonds. The number of nitrogens with one attached hydrogen (secondary N) is 2. The Hall–Kier alpha value is -1.10. The van der Waals surface area contributed by atoms with Crippen LogP contribution < -0.4 is 10.6 Å². The zero-order valence-electron chi connectivity index (χ0n) is 8.79. The normalized spacial score (nSPS) is 24.9. The van der Waals surface area contributed by atoms with E-state index in [0.717, 1.165) is 25.9 Å². The monoisotopic (exact) mass is 211 g/mol.